The Balaban J connectivity index is 0.000000182. The van der Waals surface area contributed by atoms with Crippen molar-refractivity contribution in [3.8, 4) is 0 Å². The zero-order chi connectivity index (χ0) is 33.3. The van der Waals surface area contributed by atoms with Gasteiger partial charge >= 0.3 is 6.18 Å². The molecule has 2 aliphatic heterocycles. The third-order valence-electron chi connectivity index (χ3n) is 7.82. The highest BCUT2D eigenvalue weighted by atomic mass is 32.2. The van der Waals surface area contributed by atoms with Crippen LogP contribution in [0.25, 0.3) is 0 Å². The number of fused-ring (bicyclic) bond motifs is 4. The summed E-state index contributed by atoms with van der Waals surface area (Å²) in [5, 5.41) is 12.8. The SMILES string of the molecule is CNCc1cc(C)c2c(c1)Sc1cc(N(C)C)cc(C)c1N2.CNCc1cc2c(c(C(F)(F)F)c1)Nc1ccc(N(C)C)cc1S2. The van der Waals surface area contributed by atoms with Gasteiger partial charge in [0.05, 0.1) is 28.3 Å². The summed E-state index contributed by atoms with van der Waals surface area (Å²) >= 11 is 3.23. The average Bonchev–Trinajstić information content (AvgIpc) is 2.99. The summed E-state index contributed by atoms with van der Waals surface area (Å²) in [6, 6.07) is 17.8. The minimum atomic E-state index is -4.40. The molecule has 0 aromatic heterocycles. The predicted octanol–water partition coefficient (Wildman–Crippen LogP) is 9.00. The first-order valence-corrected chi connectivity index (χ1v) is 16.6. The first kappa shape index (κ1) is 33.8. The molecule has 0 aliphatic carbocycles. The third-order valence-corrected chi connectivity index (χ3v) is 10.0. The van der Waals surface area contributed by atoms with Crippen LogP contribution >= 0.6 is 23.5 Å². The summed E-state index contributed by atoms with van der Waals surface area (Å²) in [4.78, 5) is 8.26. The van der Waals surface area contributed by atoms with Gasteiger partial charge < -0.3 is 31.1 Å². The number of anilines is 6. The van der Waals surface area contributed by atoms with Crippen molar-refractivity contribution in [1.82, 2.24) is 10.6 Å². The summed E-state index contributed by atoms with van der Waals surface area (Å²) in [7, 11) is 11.8. The molecule has 46 heavy (non-hydrogen) atoms. The minimum Gasteiger partial charge on any atom is -0.378 e. The molecule has 4 aromatic rings. The van der Waals surface area contributed by atoms with Gasteiger partial charge in [-0.15, -0.1) is 0 Å². The number of nitrogens with zero attached hydrogens (tertiary/aromatic N) is 2. The van der Waals surface area contributed by atoms with Crippen molar-refractivity contribution in [2.45, 2.75) is 52.7 Å². The van der Waals surface area contributed by atoms with E-state index in [1.807, 2.05) is 62.1 Å². The Kier molecular flexibility index (Phi) is 10.1. The molecule has 4 N–H and O–H groups in total. The number of aryl methyl sites for hydroxylation is 2. The zero-order valence-corrected chi connectivity index (χ0v) is 29.1. The molecule has 244 valence electrons. The van der Waals surface area contributed by atoms with Gasteiger partial charge in [-0.3, -0.25) is 0 Å². The van der Waals surface area contributed by atoms with E-state index < -0.39 is 11.7 Å². The molecule has 6 nitrogen and oxygen atoms in total. The lowest BCUT2D eigenvalue weighted by molar-refractivity contribution is -0.137. The van der Waals surface area contributed by atoms with E-state index in [9.17, 15) is 13.2 Å². The van der Waals surface area contributed by atoms with Gasteiger partial charge in [0.15, 0.2) is 0 Å². The fourth-order valence-corrected chi connectivity index (χ4v) is 7.87. The average molecular weight is 667 g/mol. The van der Waals surface area contributed by atoms with E-state index in [1.54, 1.807) is 7.05 Å². The van der Waals surface area contributed by atoms with Crippen molar-refractivity contribution in [3.05, 3.63) is 82.4 Å². The van der Waals surface area contributed by atoms with Crippen molar-refractivity contribution in [1.29, 1.82) is 0 Å². The highest BCUT2D eigenvalue weighted by molar-refractivity contribution is 8.00. The lowest BCUT2D eigenvalue weighted by atomic mass is 10.1. The Morgan fingerprint density at radius 1 is 0.630 bits per heavy atom. The number of benzene rings is 4. The summed E-state index contributed by atoms with van der Waals surface area (Å²) in [6.07, 6.45) is -4.40. The molecule has 0 atom stereocenters. The number of halogens is 3. The smallest absolute Gasteiger partial charge is 0.378 e. The second-order valence-corrected chi connectivity index (χ2v) is 14.1. The van der Waals surface area contributed by atoms with Crippen molar-refractivity contribution in [2.75, 3.05) is 62.7 Å². The molecule has 4 aromatic carbocycles. The van der Waals surface area contributed by atoms with Crippen LogP contribution in [0.5, 0.6) is 0 Å². The van der Waals surface area contributed by atoms with Gasteiger partial charge in [-0.05, 0) is 98.7 Å². The van der Waals surface area contributed by atoms with Crippen molar-refractivity contribution < 1.29 is 13.2 Å². The molecule has 0 saturated carbocycles. The summed E-state index contributed by atoms with van der Waals surface area (Å²) in [6.45, 7) is 5.65. The van der Waals surface area contributed by atoms with E-state index >= 15 is 0 Å². The summed E-state index contributed by atoms with van der Waals surface area (Å²) in [5.41, 5.74) is 9.50. The summed E-state index contributed by atoms with van der Waals surface area (Å²) < 4.78 is 40.4. The molecule has 0 saturated heterocycles. The van der Waals surface area contributed by atoms with Crippen molar-refractivity contribution >= 4 is 57.6 Å². The quantitative estimate of drug-likeness (QED) is 0.141. The van der Waals surface area contributed by atoms with Crippen LogP contribution in [0.15, 0.2) is 74.2 Å². The van der Waals surface area contributed by atoms with E-state index in [-0.39, 0.29) is 5.69 Å². The standard InChI is InChI=1S/C18H23N3S.C17H18F3N3S/c1-11-6-13(10-19-3)8-15-17(11)20-18-12(2)7-14(21(4)5)9-16(18)22-15;1-21-9-10-6-12(17(18,19)20)16-15(7-10)24-14-8-11(23(2)3)4-5-13(14)22-16/h6-9,19-20H,10H2,1-5H3;4-8,21-22H,9H2,1-3H3. The van der Waals surface area contributed by atoms with Gasteiger partial charge in [0.25, 0.3) is 0 Å². The van der Waals surface area contributed by atoms with Crippen LogP contribution in [0.1, 0.15) is 27.8 Å². The van der Waals surface area contributed by atoms with E-state index in [1.165, 1.54) is 61.4 Å². The normalized spacial score (nSPS) is 12.8. The van der Waals surface area contributed by atoms with E-state index in [4.69, 9.17) is 0 Å². The molecule has 0 radical (unpaired) electrons. The van der Waals surface area contributed by atoms with Gasteiger partial charge in [-0.2, -0.15) is 13.2 Å². The maximum atomic E-state index is 13.5. The number of alkyl halides is 3. The Morgan fingerprint density at radius 2 is 1.15 bits per heavy atom. The zero-order valence-electron chi connectivity index (χ0n) is 27.5. The van der Waals surface area contributed by atoms with Crippen molar-refractivity contribution in [2.24, 2.45) is 0 Å². The number of hydrogen-bond acceptors (Lipinski definition) is 8. The van der Waals surface area contributed by atoms with E-state index in [2.05, 4.69) is 78.4 Å². The Morgan fingerprint density at radius 3 is 1.74 bits per heavy atom. The molecule has 2 heterocycles. The maximum absolute atomic E-state index is 13.5. The van der Waals surface area contributed by atoms with Gasteiger partial charge in [-0.25, -0.2) is 0 Å². The molecule has 0 unspecified atom stereocenters. The predicted molar refractivity (Wildman–Crippen MR) is 189 cm³/mol. The monoisotopic (exact) mass is 666 g/mol. The molecule has 0 fully saturated rings. The maximum Gasteiger partial charge on any atom is 0.418 e. The van der Waals surface area contributed by atoms with Gasteiger partial charge in [0.2, 0.25) is 0 Å². The molecule has 0 spiro atoms. The first-order valence-electron chi connectivity index (χ1n) is 15.0. The summed E-state index contributed by atoms with van der Waals surface area (Å²) in [5.74, 6) is 0. The van der Waals surface area contributed by atoms with Crippen LogP contribution in [0.4, 0.5) is 47.3 Å². The Bertz CT molecular complexity index is 1750. The topological polar surface area (TPSA) is 54.6 Å². The van der Waals surface area contributed by atoms with Gasteiger partial charge in [-0.1, -0.05) is 29.6 Å². The van der Waals surface area contributed by atoms with Crippen molar-refractivity contribution in [3.63, 3.8) is 0 Å². The molecule has 0 bridgehead atoms. The van der Waals surface area contributed by atoms with E-state index in [0.717, 1.165) is 17.1 Å². The Hall–Kier alpha value is -3.51. The van der Waals surface area contributed by atoms with E-state index in [0.29, 0.717) is 22.7 Å². The van der Waals surface area contributed by atoms with Crippen LogP contribution in [0, 0.1) is 13.8 Å². The largest absolute Gasteiger partial charge is 0.418 e. The molecule has 2 aliphatic rings. The fourth-order valence-electron chi connectivity index (χ4n) is 5.49. The Labute approximate surface area is 278 Å². The lowest BCUT2D eigenvalue weighted by Gasteiger charge is -2.26. The molecule has 6 rings (SSSR count). The lowest BCUT2D eigenvalue weighted by Crippen LogP contribution is -2.15. The van der Waals surface area contributed by atoms with Crippen LogP contribution in [-0.2, 0) is 19.3 Å². The first-order chi connectivity index (χ1) is 21.8. The van der Waals surface area contributed by atoms with Gasteiger partial charge in [0.1, 0.15) is 0 Å². The van der Waals surface area contributed by atoms with Crippen LogP contribution in [-0.4, -0.2) is 42.3 Å². The molecule has 0 amide bonds. The minimum absolute atomic E-state index is 0.137. The molecule has 11 heteroatoms. The van der Waals surface area contributed by atoms with Gasteiger partial charge in [0, 0.05) is 72.2 Å². The van der Waals surface area contributed by atoms with Crippen LogP contribution in [0.3, 0.4) is 0 Å². The highest BCUT2D eigenvalue weighted by Gasteiger charge is 2.36. The molecular weight excluding hydrogens is 626 g/mol. The van der Waals surface area contributed by atoms with Crippen LogP contribution < -0.4 is 31.1 Å². The number of hydrogen-bond donors (Lipinski definition) is 4. The second-order valence-electron chi connectivity index (χ2n) is 11.9. The number of nitrogens with one attached hydrogen (secondary N) is 4. The highest BCUT2D eigenvalue weighted by Crippen LogP contribution is 2.51. The number of rotatable bonds is 6. The fraction of sp³-hybridized carbons (Fsp3) is 0.314. The third kappa shape index (κ3) is 7.22. The molecular formula is C35H41F3N6S2. The van der Waals surface area contributed by atoms with Crippen LogP contribution in [0.2, 0.25) is 0 Å². The second kappa shape index (κ2) is 13.7.